The molecule has 9 heteroatoms. The van der Waals surface area contributed by atoms with E-state index in [2.05, 4.69) is 9.36 Å². The van der Waals surface area contributed by atoms with Crippen molar-refractivity contribution in [2.24, 2.45) is 0 Å². The van der Waals surface area contributed by atoms with E-state index in [1.54, 1.807) is 12.0 Å². The molecule has 0 N–H and O–H groups in total. The van der Waals surface area contributed by atoms with Crippen LogP contribution in [0.2, 0.25) is 0 Å². The van der Waals surface area contributed by atoms with Crippen molar-refractivity contribution in [3.8, 4) is 0 Å². The number of piperazine rings is 1. The molecule has 6 nitrogen and oxygen atoms in total. The first-order chi connectivity index (χ1) is 11.6. The molecule has 1 aliphatic heterocycles. The van der Waals surface area contributed by atoms with Crippen molar-refractivity contribution in [3.63, 3.8) is 0 Å². The lowest BCUT2D eigenvalue weighted by Gasteiger charge is -2.34. The number of carbonyl (C=O) groups is 1. The predicted octanol–water partition coefficient (Wildman–Crippen LogP) is 1.81. The largest absolute Gasteiger partial charge is 0.377 e. The van der Waals surface area contributed by atoms with Gasteiger partial charge in [-0.25, -0.2) is 13.8 Å². The van der Waals surface area contributed by atoms with E-state index >= 15 is 0 Å². The van der Waals surface area contributed by atoms with Crippen molar-refractivity contribution in [2.75, 3.05) is 31.6 Å². The SMILES string of the molecule is COCc1nsc(N2CCN(Cc3ccc(F)cc3F)C(=O)C2)n1. The lowest BCUT2D eigenvalue weighted by molar-refractivity contribution is -0.131. The van der Waals surface area contributed by atoms with Gasteiger partial charge >= 0.3 is 0 Å². The summed E-state index contributed by atoms with van der Waals surface area (Å²) in [5, 5.41) is 0.669. The normalized spacial score (nSPS) is 15.2. The molecule has 1 aromatic heterocycles. The van der Waals surface area contributed by atoms with Crippen LogP contribution in [0.15, 0.2) is 18.2 Å². The molecule has 2 aromatic rings. The molecule has 1 fully saturated rings. The Morgan fingerprint density at radius 1 is 1.33 bits per heavy atom. The van der Waals surface area contributed by atoms with Gasteiger partial charge in [0, 0.05) is 49.9 Å². The van der Waals surface area contributed by atoms with E-state index in [1.165, 1.54) is 23.7 Å². The van der Waals surface area contributed by atoms with E-state index in [1.807, 2.05) is 4.90 Å². The van der Waals surface area contributed by atoms with E-state index in [9.17, 15) is 13.6 Å². The molecule has 2 heterocycles. The van der Waals surface area contributed by atoms with Crippen LogP contribution in [-0.2, 0) is 22.7 Å². The van der Waals surface area contributed by atoms with Gasteiger partial charge in [-0.05, 0) is 6.07 Å². The number of ether oxygens (including phenoxy) is 1. The third kappa shape index (κ3) is 3.68. The number of aromatic nitrogens is 2. The zero-order valence-electron chi connectivity index (χ0n) is 13.0. The Morgan fingerprint density at radius 2 is 2.17 bits per heavy atom. The number of nitrogens with zero attached hydrogens (tertiary/aromatic N) is 4. The van der Waals surface area contributed by atoms with Gasteiger partial charge in [-0.15, -0.1) is 0 Å². The number of benzene rings is 1. The van der Waals surface area contributed by atoms with Crippen molar-refractivity contribution >= 4 is 22.6 Å². The number of hydrogen-bond donors (Lipinski definition) is 0. The standard InChI is InChI=1S/C15H16F2N4O2S/c1-23-9-13-18-15(24-19-13)21-5-4-20(14(22)8-21)7-10-2-3-11(16)6-12(10)17/h2-3,6H,4-5,7-9H2,1H3. The zero-order chi connectivity index (χ0) is 17.1. The zero-order valence-corrected chi connectivity index (χ0v) is 13.9. The molecule has 0 saturated carbocycles. The second-order valence-electron chi connectivity index (χ2n) is 5.40. The second-order valence-corrected chi connectivity index (χ2v) is 6.13. The van der Waals surface area contributed by atoms with Crippen LogP contribution >= 0.6 is 11.5 Å². The van der Waals surface area contributed by atoms with E-state index in [0.29, 0.717) is 36.2 Å². The van der Waals surface area contributed by atoms with Crippen molar-refractivity contribution in [2.45, 2.75) is 13.2 Å². The van der Waals surface area contributed by atoms with Gasteiger partial charge in [-0.3, -0.25) is 4.79 Å². The fraction of sp³-hybridized carbons (Fsp3) is 0.400. The number of methoxy groups -OCH3 is 1. The van der Waals surface area contributed by atoms with Crippen LogP contribution in [0.5, 0.6) is 0 Å². The summed E-state index contributed by atoms with van der Waals surface area (Å²) in [7, 11) is 1.57. The highest BCUT2D eigenvalue weighted by atomic mass is 32.1. The predicted molar refractivity (Wildman–Crippen MR) is 84.6 cm³/mol. The number of hydrogen-bond acceptors (Lipinski definition) is 6. The third-order valence-electron chi connectivity index (χ3n) is 3.70. The Morgan fingerprint density at radius 3 is 2.88 bits per heavy atom. The summed E-state index contributed by atoms with van der Waals surface area (Å²) in [5.74, 6) is -0.816. The van der Waals surface area contributed by atoms with Crippen LogP contribution in [0.25, 0.3) is 0 Å². The van der Waals surface area contributed by atoms with Gasteiger partial charge in [0.2, 0.25) is 11.0 Å². The molecule has 3 rings (SSSR count). The highest BCUT2D eigenvalue weighted by Crippen LogP contribution is 2.21. The molecule has 0 spiro atoms. The smallest absolute Gasteiger partial charge is 0.242 e. The summed E-state index contributed by atoms with van der Waals surface area (Å²) in [6, 6.07) is 3.39. The van der Waals surface area contributed by atoms with Crippen LogP contribution in [0.3, 0.4) is 0 Å². The van der Waals surface area contributed by atoms with Gasteiger partial charge in [0.15, 0.2) is 5.82 Å². The molecule has 1 aromatic carbocycles. The van der Waals surface area contributed by atoms with Crippen LogP contribution < -0.4 is 4.90 Å². The Labute approximate surface area is 141 Å². The average molecular weight is 354 g/mol. The van der Waals surface area contributed by atoms with Gasteiger partial charge in [-0.2, -0.15) is 4.37 Å². The quantitative estimate of drug-likeness (QED) is 0.820. The number of rotatable bonds is 5. The summed E-state index contributed by atoms with van der Waals surface area (Å²) in [6.45, 7) is 1.63. The topological polar surface area (TPSA) is 58.6 Å². The molecule has 1 amide bonds. The maximum atomic E-state index is 13.7. The molecule has 128 valence electrons. The van der Waals surface area contributed by atoms with Gasteiger partial charge in [0.1, 0.15) is 18.2 Å². The molecule has 0 radical (unpaired) electrons. The first kappa shape index (κ1) is 16.7. The van der Waals surface area contributed by atoms with Crippen molar-refractivity contribution < 1.29 is 18.3 Å². The minimum atomic E-state index is -0.640. The molecule has 1 aliphatic rings. The van der Waals surface area contributed by atoms with Gasteiger partial charge in [0.25, 0.3) is 0 Å². The number of amides is 1. The Hall–Kier alpha value is -2.13. The molecular formula is C15H16F2N4O2S. The average Bonchev–Trinajstić information content (AvgIpc) is 3.01. The molecular weight excluding hydrogens is 338 g/mol. The lowest BCUT2D eigenvalue weighted by Crippen LogP contribution is -2.50. The Bertz CT molecular complexity index is 740. The molecule has 24 heavy (non-hydrogen) atoms. The van der Waals surface area contributed by atoms with Crippen molar-refractivity contribution in [1.82, 2.24) is 14.3 Å². The molecule has 0 unspecified atom stereocenters. The summed E-state index contributed by atoms with van der Waals surface area (Å²) >= 11 is 1.22. The number of anilines is 1. The summed E-state index contributed by atoms with van der Waals surface area (Å²) in [6.07, 6.45) is 0. The second kappa shape index (κ2) is 7.18. The summed E-state index contributed by atoms with van der Waals surface area (Å²) in [4.78, 5) is 20.0. The highest BCUT2D eigenvalue weighted by molar-refractivity contribution is 7.09. The van der Waals surface area contributed by atoms with Crippen LogP contribution in [-0.4, -0.2) is 46.9 Å². The molecule has 0 bridgehead atoms. The summed E-state index contributed by atoms with van der Waals surface area (Å²) in [5.41, 5.74) is 0.302. The van der Waals surface area contributed by atoms with Gasteiger partial charge in [-0.1, -0.05) is 6.07 Å². The Kier molecular flexibility index (Phi) is 5.00. The number of halogens is 2. The molecule has 1 saturated heterocycles. The highest BCUT2D eigenvalue weighted by Gasteiger charge is 2.26. The van der Waals surface area contributed by atoms with E-state index in [0.717, 1.165) is 6.07 Å². The van der Waals surface area contributed by atoms with Gasteiger partial charge in [0.05, 0.1) is 6.54 Å². The third-order valence-corrected chi connectivity index (χ3v) is 4.51. The molecule has 0 aliphatic carbocycles. The maximum absolute atomic E-state index is 13.7. The fourth-order valence-corrected chi connectivity index (χ4v) is 3.15. The summed E-state index contributed by atoms with van der Waals surface area (Å²) < 4.78 is 35.8. The molecule has 0 atom stereocenters. The van der Waals surface area contributed by atoms with Crippen molar-refractivity contribution in [1.29, 1.82) is 0 Å². The number of carbonyl (C=O) groups excluding carboxylic acids is 1. The fourth-order valence-electron chi connectivity index (χ4n) is 2.46. The van der Waals surface area contributed by atoms with Crippen LogP contribution in [0.4, 0.5) is 13.9 Å². The van der Waals surface area contributed by atoms with Crippen molar-refractivity contribution in [3.05, 3.63) is 41.2 Å². The first-order valence-electron chi connectivity index (χ1n) is 7.35. The minimum Gasteiger partial charge on any atom is -0.377 e. The van der Waals surface area contributed by atoms with E-state index < -0.39 is 11.6 Å². The first-order valence-corrected chi connectivity index (χ1v) is 8.12. The van der Waals surface area contributed by atoms with E-state index in [-0.39, 0.29) is 19.0 Å². The van der Waals surface area contributed by atoms with Gasteiger partial charge < -0.3 is 14.5 Å². The monoisotopic (exact) mass is 354 g/mol. The Balaban J connectivity index is 1.63. The van der Waals surface area contributed by atoms with Crippen LogP contribution in [0, 0.1) is 11.6 Å². The van der Waals surface area contributed by atoms with E-state index in [4.69, 9.17) is 4.74 Å². The maximum Gasteiger partial charge on any atom is 0.242 e. The van der Waals surface area contributed by atoms with Crippen LogP contribution in [0.1, 0.15) is 11.4 Å². The minimum absolute atomic E-state index is 0.129. The lowest BCUT2D eigenvalue weighted by atomic mass is 10.1.